The molecule has 0 aromatic carbocycles. The summed E-state index contributed by atoms with van der Waals surface area (Å²) in [5.74, 6) is 3.70. The van der Waals surface area contributed by atoms with Crippen LogP contribution in [0.25, 0.3) is 0 Å². The maximum atomic E-state index is 3.75. The van der Waals surface area contributed by atoms with Crippen molar-refractivity contribution in [3.63, 3.8) is 0 Å². The maximum Gasteiger partial charge on any atom is 0.00817 e. The first-order valence-corrected chi connectivity index (χ1v) is 8.54. The van der Waals surface area contributed by atoms with Crippen molar-refractivity contribution in [2.24, 2.45) is 5.92 Å². The van der Waals surface area contributed by atoms with Gasteiger partial charge in [0.25, 0.3) is 0 Å². The molecule has 0 amide bonds. The van der Waals surface area contributed by atoms with Crippen LogP contribution in [-0.4, -0.2) is 36.7 Å². The van der Waals surface area contributed by atoms with Gasteiger partial charge in [0.05, 0.1) is 0 Å². The lowest BCUT2D eigenvalue weighted by Crippen LogP contribution is -2.41. The Bertz CT molecular complexity index is 198. The Morgan fingerprint density at radius 2 is 2.06 bits per heavy atom. The highest BCUT2D eigenvalue weighted by molar-refractivity contribution is 7.99. The molecule has 2 unspecified atom stereocenters. The van der Waals surface area contributed by atoms with E-state index in [2.05, 4.69) is 29.3 Å². The summed E-state index contributed by atoms with van der Waals surface area (Å²) < 4.78 is 0. The highest BCUT2D eigenvalue weighted by Gasteiger charge is 2.17. The Balaban J connectivity index is 1.57. The lowest BCUT2D eigenvalue weighted by Gasteiger charge is -2.28. The SMILES string of the molecule is CC(CC1CCCCN1)NCC1CCSCC1. The number of thioether (sulfide) groups is 1. The number of rotatable bonds is 5. The molecule has 2 fully saturated rings. The average Bonchev–Trinajstić information content (AvgIpc) is 2.39. The molecule has 2 saturated heterocycles. The van der Waals surface area contributed by atoms with Crippen molar-refractivity contribution < 1.29 is 0 Å². The van der Waals surface area contributed by atoms with Gasteiger partial charge < -0.3 is 10.6 Å². The fraction of sp³-hybridized carbons (Fsp3) is 1.00. The molecule has 100 valence electrons. The van der Waals surface area contributed by atoms with Crippen LogP contribution in [0.3, 0.4) is 0 Å². The molecule has 0 aliphatic carbocycles. The fourth-order valence-electron chi connectivity index (χ4n) is 2.95. The maximum absolute atomic E-state index is 3.75. The Morgan fingerprint density at radius 3 is 2.76 bits per heavy atom. The first kappa shape index (κ1) is 13.7. The van der Waals surface area contributed by atoms with Crippen LogP contribution in [0, 0.1) is 5.92 Å². The van der Waals surface area contributed by atoms with Crippen LogP contribution in [-0.2, 0) is 0 Å². The van der Waals surface area contributed by atoms with Gasteiger partial charge in [-0.15, -0.1) is 0 Å². The minimum Gasteiger partial charge on any atom is -0.314 e. The first-order chi connectivity index (χ1) is 8.34. The van der Waals surface area contributed by atoms with E-state index in [4.69, 9.17) is 0 Å². The number of hydrogen-bond donors (Lipinski definition) is 2. The fourth-order valence-corrected chi connectivity index (χ4v) is 4.16. The molecule has 17 heavy (non-hydrogen) atoms. The second kappa shape index (κ2) is 7.65. The van der Waals surface area contributed by atoms with Gasteiger partial charge in [-0.3, -0.25) is 0 Å². The molecule has 2 aliphatic heterocycles. The molecular formula is C14H28N2S. The zero-order chi connectivity index (χ0) is 11.9. The number of nitrogens with one attached hydrogen (secondary N) is 2. The van der Waals surface area contributed by atoms with Crippen LogP contribution in [0.15, 0.2) is 0 Å². The molecule has 2 heterocycles. The van der Waals surface area contributed by atoms with E-state index >= 15 is 0 Å². The summed E-state index contributed by atoms with van der Waals surface area (Å²) in [6.45, 7) is 4.83. The van der Waals surface area contributed by atoms with Gasteiger partial charge in [-0.25, -0.2) is 0 Å². The summed E-state index contributed by atoms with van der Waals surface area (Å²) in [5.41, 5.74) is 0. The molecule has 2 rings (SSSR count). The third-order valence-electron chi connectivity index (χ3n) is 4.15. The molecule has 0 aromatic heterocycles. The van der Waals surface area contributed by atoms with Gasteiger partial charge in [0.15, 0.2) is 0 Å². The summed E-state index contributed by atoms with van der Waals surface area (Å²) in [7, 11) is 0. The Kier molecular flexibility index (Phi) is 6.16. The standard InChI is InChI=1S/C14H28N2S/c1-12(10-14-4-2-3-7-15-14)16-11-13-5-8-17-9-6-13/h12-16H,2-11H2,1H3. The molecule has 0 radical (unpaired) electrons. The van der Waals surface area contributed by atoms with Crippen molar-refractivity contribution in [2.75, 3.05) is 24.6 Å². The van der Waals surface area contributed by atoms with Gasteiger partial charge in [0.1, 0.15) is 0 Å². The highest BCUT2D eigenvalue weighted by atomic mass is 32.2. The quantitative estimate of drug-likeness (QED) is 0.791. The normalized spacial score (nSPS) is 29.1. The van der Waals surface area contributed by atoms with E-state index in [-0.39, 0.29) is 0 Å². The van der Waals surface area contributed by atoms with E-state index in [0.717, 1.165) is 12.0 Å². The van der Waals surface area contributed by atoms with Crippen LogP contribution in [0.1, 0.15) is 45.4 Å². The second-order valence-electron chi connectivity index (χ2n) is 5.75. The van der Waals surface area contributed by atoms with E-state index in [0.29, 0.717) is 6.04 Å². The van der Waals surface area contributed by atoms with E-state index in [1.165, 1.54) is 63.1 Å². The van der Waals surface area contributed by atoms with E-state index in [1.807, 2.05) is 0 Å². The van der Waals surface area contributed by atoms with E-state index in [1.54, 1.807) is 0 Å². The zero-order valence-electron chi connectivity index (χ0n) is 11.2. The lowest BCUT2D eigenvalue weighted by molar-refractivity contribution is 0.330. The molecule has 2 N–H and O–H groups in total. The highest BCUT2D eigenvalue weighted by Crippen LogP contribution is 2.22. The minimum absolute atomic E-state index is 0.681. The Hall–Kier alpha value is 0.270. The van der Waals surface area contributed by atoms with Crippen LogP contribution in [0.4, 0.5) is 0 Å². The predicted octanol–water partition coefficient (Wildman–Crippen LogP) is 2.64. The van der Waals surface area contributed by atoms with Crippen molar-refractivity contribution in [1.82, 2.24) is 10.6 Å². The third kappa shape index (κ3) is 5.19. The summed E-state index contributed by atoms with van der Waals surface area (Å²) in [4.78, 5) is 0. The monoisotopic (exact) mass is 256 g/mol. The minimum atomic E-state index is 0.681. The summed E-state index contributed by atoms with van der Waals surface area (Å²) >= 11 is 2.12. The van der Waals surface area contributed by atoms with Crippen molar-refractivity contribution >= 4 is 11.8 Å². The summed E-state index contributed by atoms with van der Waals surface area (Å²) in [5, 5.41) is 7.39. The molecule has 2 atom stereocenters. The average molecular weight is 256 g/mol. The van der Waals surface area contributed by atoms with Gasteiger partial charge >= 0.3 is 0 Å². The predicted molar refractivity (Wildman–Crippen MR) is 77.8 cm³/mol. The Labute approximate surface area is 111 Å². The molecular weight excluding hydrogens is 228 g/mol. The van der Waals surface area contributed by atoms with Gasteiger partial charge in [-0.2, -0.15) is 11.8 Å². The van der Waals surface area contributed by atoms with Gasteiger partial charge in [-0.1, -0.05) is 6.42 Å². The third-order valence-corrected chi connectivity index (χ3v) is 5.20. The van der Waals surface area contributed by atoms with Gasteiger partial charge in [-0.05, 0) is 69.5 Å². The van der Waals surface area contributed by atoms with Crippen LogP contribution >= 0.6 is 11.8 Å². The van der Waals surface area contributed by atoms with Crippen molar-refractivity contribution in [1.29, 1.82) is 0 Å². The zero-order valence-corrected chi connectivity index (χ0v) is 12.0. The molecule has 2 aliphatic rings. The summed E-state index contributed by atoms with van der Waals surface area (Å²) in [6.07, 6.45) is 8.33. The smallest absolute Gasteiger partial charge is 0.00817 e. The molecule has 2 nitrogen and oxygen atoms in total. The summed E-state index contributed by atoms with van der Waals surface area (Å²) in [6, 6.07) is 1.45. The van der Waals surface area contributed by atoms with E-state index in [9.17, 15) is 0 Å². The Morgan fingerprint density at radius 1 is 1.24 bits per heavy atom. The van der Waals surface area contributed by atoms with Crippen molar-refractivity contribution in [3.8, 4) is 0 Å². The van der Waals surface area contributed by atoms with Gasteiger partial charge in [0.2, 0.25) is 0 Å². The first-order valence-electron chi connectivity index (χ1n) is 7.39. The molecule has 0 bridgehead atoms. The van der Waals surface area contributed by atoms with Gasteiger partial charge in [0, 0.05) is 12.1 Å². The van der Waals surface area contributed by atoms with Crippen LogP contribution < -0.4 is 10.6 Å². The number of piperidine rings is 1. The topological polar surface area (TPSA) is 24.1 Å². The molecule has 0 saturated carbocycles. The van der Waals surface area contributed by atoms with Crippen molar-refractivity contribution in [3.05, 3.63) is 0 Å². The molecule has 0 aromatic rings. The largest absolute Gasteiger partial charge is 0.314 e. The molecule has 0 spiro atoms. The van der Waals surface area contributed by atoms with Crippen LogP contribution in [0.5, 0.6) is 0 Å². The lowest BCUT2D eigenvalue weighted by atomic mass is 9.98. The molecule has 3 heteroatoms. The van der Waals surface area contributed by atoms with Crippen molar-refractivity contribution in [2.45, 2.75) is 57.5 Å². The van der Waals surface area contributed by atoms with E-state index < -0.39 is 0 Å². The second-order valence-corrected chi connectivity index (χ2v) is 6.97. The van der Waals surface area contributed by atoms with Crippen LogP contribution in [0.2, 0.25) is 0 Å². The number of hydrogen-bond acceptors (Lipinski definition) is 3.